The van der Waals surface area contributed by atoms with E-state index in [1.165, 1.54) is 19.5 Å². The minimum atomic E-state index is 0.668. The maximum Gasteiger partial charge on any atom is 0.0345 e. The van der Waals surface area contributed by atoms with Crippen LogP contribution in [0.15, 0.2) is 0 Å². The van der Waals surface area contributed by atoms with Gasteiger partial charge in [0.2, 0.25) is 0 Å². The van der Waals surface area contributed by atoms with Gasteiger partial charge in [-0.3, -0.25) is 4.90 Å². The minimum absolute atomic E-state index is 0.668. The summed E-state index contributed by atoms with van der Waals surface area (Å²) in [6, 6.07) is 0.668. The molecule has 4 heteroatoms. The summed E-state index contributed by atoms with van der Waals surface area (Å²) < 4.78 is 0. The summed E-state index contributed by atoms with van der Waals surface area (Å²) in [5, 5.41) is 3.45. The van der Waals surface area contributed by atoms with Crippen LogP contribution in [0.1, 0.15) is 12.8 Å². The highest BCUT2D eigenvalue weighted by Crippen LogP contribution is 2.02. The van der Waals surface area contributed by atoms with Gasteiger partial charge in [0.05, 0.1) is 0 Å². The molecular formula is C11H26N4. The second kappa shape index (κ2) is 7.17. The van der Waals surface area contributed by atoms with E-state index >= 15 is 0 Å². The molecule has 1 heterocycles. The first kappa shape index (κ1) is 12.9. The third-order valence-corrected chi connectivity index (χ3v) is 3.16. The average Bonchev–Trinajstić information content (AvgIpc) is 2.22. The van der Waals surface area contributed by atoms with Crippen molar-refractivity contribution in [1.82, 2.24) is 15.1 Å². The molecule has 0 radical (unpaired) electrons. The van der Waals surface area contributed by atoms with E-state index in [9.17, 15) is 0 Å². The van der Waals surface area contributed by atoms with Crippen LogP contribution in [0.3, 0.4) is 0 Å². The number of hydrogen-bond donors (Lipinski definition) is 2. The predicted molar refractivity (Wildman–Crippen MR) is 65.1 cm³/mol. The minimum Gasteiger partial charge on any atom is -0.330 e. The van der Waals surface area contributed by atoms with Gasteiger partial charge in [-0.25, -0.2) is 0 Å². The van der Waals surface area contributed by atoms with Crippen LogP contribution in [0, 0.1) is 0 Å². The molecule has 3 N–H and O–H groups in total. The molecule has 1 atom stereocenters. The number of nitrogens with zero attached hydrogens (tertiary/aromatic N) is 2. The Bertz CT molecular complexity index is 163. The lowest BCUT2D eigenvalue weighted by Gasteiger charge is -2.35. The maximum atomic E-state index is 5.48. The van der Waals surface area contributed by atoms with Gasteiger partial charge in [0.25, 0.3) is 0 Å². The van der Waals surface area contributed by atoms with Crippen molar-refractivity contribution >= 4 is 0 Å². The fourth-order valence-electron chi connectivity index (χ4n) is 2.04. The largest absolute Gasteiger partial charge is 0.330 e. The molecule has 0 spiro atoms. The van der Waals surface area contributed by atoms with Crippen molar-refractivity contribution in [3.63, 3.8) is 0 Å². The highest BCUT2D eigenvalue weighted by atomic mass is 15.2. The van der Waals surface area contributed by atoms with Gasteiger partial charge in [-0.1, -0.05) is 0 Å². The first-order valence-corrected chi connectivity index (χ1v) is 6.03. The van der Waals surface area contributed by atoms with Gasteiger partial charge in [0.1, 0.15) is 0 Å². The number of nitrogens with one attached hydrogen (secondary N) is 1. The van der Waals surface area contributed by atoms with Crippen LogP contribution in [0.4, 0.5) is 0 Å². The van der Waals surface area contributed by atoms with E-state index in [1.54, 1.807) is 0 Å². The van der Waals surface area contributed by atoms with Crippen molar-refractivity contribution in [2.45, 2.75) is 18.9 Å². The molecular weight excluding hydrogens is 188 g/mol. The molecule has 1 fully saturated rings. The summed E-state index contributed by atoms with van der Waals surface area (Å²) in [4.78, 5) is 4.87. The van der Waals surface area contributed by atoms with Crippen molar-refractivity contribution in [2.75, 3.05) is 53.4 Å². The lowest BCUT2D eigenvalue weighted by Crippen LogP contribution is -2.53. The topological polar surface area (TPSA) is 44.5 Å². The average molecular weight is 214 g/mol. The zero-order valence-electron chi connectivity index (χ0n) is 10.2. The zero-order chi connectivity index (χ0) is 11.1. The van der Waals surface area contributed by atoms with E-state index in [4.69, 9.17) is 5.73 Å². The van der Waals surface area contributed by atoms with Crippen LogP contribution in [0.5, 0.6) is 0 Å². The second-order valence-electron chi connectivity index (χ2n) is 4.60. The van der Waals surface area contributed by atoms with E-state index in [0.717, 1.165) is 32.6 Å². The molecule has 0 aromatic carbocycles. The maximum absolute atomic E-state index is 5.48. The summed E-state index contributed by atoms with van der Waals surface area (Å²) in [6.07, 6.45) is 2.36. The standard InChI is InChI=1S/C11H26N4/c1-14(7-4-3-5-12)10-11-9-13-6-8-15(11)2/h11,13H,3-10,12H2,1-2H3. The van der Waals surface area contributed by atoms with Gasteiger partial charge in [0, 0.05) is 32.2 Å². The fraction of sp³-hybridized carbons (Fsp3) is 1.00. The number of nitrogens with two attached hydrogens (primary N) is 1. The number of rotatable bonds is 6. The molecule has 0 aromatic rings. The molecule has 0 aromatic heterocycles. The fourth-order valence-corrected chi connectivity index (χ4v) is 2.04. The van der Waals surface area contributed by atoms with Crippen molar-refractivity contribution in [3.05, 3.63) is 0 Å². The third-order valence-electron chi connectivity index (χ3n) is 3.16. The van der Waals surface area contributed by atoms with E-state index in [2.05, 4.69) is 29.2 Å². The van der Waals surface area contributed by atoms with Gasteiger partial charge < -0.3 is 16.0 Å². The van der Waals surface area contributed by atoms with Gasteiger partial charge in [-0.05, 0) is 40.0 Å². The Morgan fingerprint density at radius 3 is 2.93 bits per heavy atom. The van der Waals surface area contributed by atoms with Crippen LogP contribution in [-0.2, 0) is 0 Å². The SMILES string of the molecule is CN(CCCCN)CC1CNCCN1C. The van der Waals surface area contributed by atoms with E-state index in [-0.39, 0.29) is 0 Å². The summed E-state index contributed by atoms with van der Waals surface area (Å²) in [5.74, 6) is 0. The highest BCUT2D eigenvalue weighted by Gasteiger charge is 2.19. The van der Waals surface area contributed by atoms with Crippen molar-refractivity contribution in [2.24, 2.45) is 5.73 Å². The first-order valence-electron chi connectivity index (χ1n) is 6.03. The summed E-state index contributed by atoms with van der Waals surface area (Å²) in [5.41, 5.74) is 5.48. The number of likely N-dealkylation sites (N-methyl/N-ethyl adjacent to an activating group) is 2. The molecule has 0 amide bonds. The highest BCUT2D eigenvalue weighted by molar-refractivity contribution is 4.79. The molecule has 0 bridgehead atoms. The second-order valence-corrected chi connectivity index (χ2v) is 4.60. The number of hydrogen-bond acceptors (Lipinski definition) is 4. The Morgan fingerprint density at radius 1 is 1.47 bits per heavy atom. The van der Waals surface area contributed by atoms with Crippen LogP contribution in [-0.4, -0.2) is 69.2 Å². The first-order chi connectivity index (χ1) is 7.24. The third kappa shape index (κ3) is 4.93. The Labute approximate surface area is 93.8 Å². The zero-order valence-corrected chi connectivity index (χ0v) is 10.2. The Balaban J connectivity index is 2.15. The van der Waals surface area contributed by atoms with Crippen LogP contribution in [0.2, 0.25) is 0 Å². The van der Waals surface area contributed by atoms with Crippen molar-refractivity contribution in [3.8, 4) is 0 Å². The molecule has 15 heavy (non-hydrogen) atoms. The monoisotopic (exact) mass is 214 g/mol. The molecule has 4 nitrogen and oxygen atoms in total. The molecule has 1 rings (SSSR count). The van der Waals surface area contributed by atoms with Crippen LogP contribution < -0.4 is 11.1 Å². The quantitative estimate of drug-likeness (QED) is 0.589. The molecule has 1 aliphatic heterocycles. The van der Waals surface area contributed by atoms with Crippen LogP contribution >= 0.6 is 0 Å². The summed E-state index contributed by atoms with van der Waals surface area (Å²) in [7, 11) is 4.43. The Morgan fingerprint density at radius 2 is 2.27 bits per heavy atom. The van der Waals surface area contributed by atoms with Crippen molar-refractivity contribution in [1.29, 1.82) is 0 Å². The molecule has 0 saturated carbocycles. The van der Waals surface area contributed by atoms with Gasteiger partial charge in [-0.15, -0.1) is 0 Å². The summed E-state index contributed by atoms with van der Waals surface area (Å²) >= 11 is 0. The van der Waals surface area contributed by atoms with Crippen LogP contribution in [0.25, 0.3) is 0 Å². The van der Waals surface area contributed by atoms with Gasteiger partial charge in [0.15, 0.2) is 0 Å². The Hall–Kier alpha value is -0.160. The van der Waals surface area contributed by atoms with E-state index in [0.29, 0.717) is 6.04 Å². The number of unbranched alkanes of at least 4 members (excludes halogenated alkanes) is 1. The van der Waals surface area contributed by atoms with Gasteiger partial charge in [-0.2, -0.15) is 0 Å². The lowest BCUT2D eigenvalue weighted by molar-refractivity contribution is 0.152. The lowest BCUT2D eigenvalue weighted by atomic mass is 10.2. The molecule has 1 saturated heterocycles. The Kier molecular flexibility index (Phi) is 6.17. The smallest absolute Gasteiger partial charge is 0.0345 e. The molecule has 1 aliphatic rings. The number of piperazine rings is 1. The normalized spacial score (nSPS) is 23.6. The predicted octanol–water partition coefficient (Wildman–Crippen LogP) is -0.439. The van der Waals surface area contributed by atoms with E-state index < -0.39 is 0 Å². The van der Waals surface area contributed by atoms with Crippen molar-refractivity contribution < 1.29 is 0 Å². The van der Waals surface area contributed by atoms with E-state index in [1.807, 2.05) is 0 Å². The molecule has 0 aliphatic carbocycles. The summed E-state index contributed by atoms with van der Waals surface area (Å²) in [6.45, 7) is 6.57. The molecule has 90 valence electrons. The van der Waals surface area contributed by atoms with Gasteiger partial charge >= 0.3 is 0 Å². The molecule has 1 unspecified atom stereocenters.